The van der Waals surface area contributed by atoms with E-state index in [9.17, 15) is 14.7 Å². The molecule has 5 nitrogen and oxygen atoms in total. The maximum absolute atomic E-state index is 13.0. The van der Waals surface area contributed by atoms with Gasteiger partial charge in [0.05, 0.1) is 25.3 Å². The third-order valence-electron chi connectivity index (χ3n) is 5.17. The Bertz CT molecular complexity index is 1120. The molecular weight excluding hydrogens is 398 g/mol. The molecule has 0 aliphatic carbocycles. The Kier molecular flexibility index (Phi) is 5.42. The van der Waals surface area contributed by atoms with Gasteiger partial charge in [-0.05, 0) is 48.2 Å². The number of ether oxygens (including phenoxy) is 1. The monoisotopic (exact) mass is 419 g/mol. The van der Waals surface area contributed by atoms with Crippen LogP contribution in [0.3, 0.4) is 0 Å². The molecule has 1 saturated heterocycles. The number of ketones is 1. The molecule has 1 N–H and O–H groups in total. The van der Waals surface area contributed by atoms with Crippen LogP contribution in [-0.2, 0) is 16.1 Å². The fraction of sp³-hybridized carbons (Fsp3) is 0.167. The molecule has 152 valence electrons. The lowest BCUT2D eigenvalue weighted by Gasteiger charge is -2.25. The number of nitrogens with zero attached hydrogens (tertiary/aromatic N) is 1. The van der Waals surface area contributed by atoms with Crippen LogP contribution in [0.2, 0.25) is 0 Å². The lowest BCUT2D eigenvalue weighted by Crippen LogP contribution is -2.28. The highest BCUT2D eigenvalue weighted by Crippen LogP contribution is 2.40. The molecular formula is C24H21NO4S. The molecule has 30 heavy (non-hydrogen) atoms. The van der Waals surface area contributed by atoms with Gasteiger partial charge in [0.1, 0.15) is 11.5 Å². The van der Waals surface area contributed by atoms with E-state index in [0.29, 0.717) is 17.9 Å². The summed E-state index contributed by atoms with van der Waals surface area (Å²) in [6, 6.07) is 17.6. The van der Waals surface area contributed by atoms with Crippen LogP contribution in [0, 0.1) is 6.92 Å². The molecule has 0 radical (unpaired) electrons. The summed E-state index contributed by atoms with van der Waals surface area (Å²) in [5, 5.41) is 13.0. The molecule has 0 spiro atoms. The first-order valence-electron chi connectivity index (χ1n) is 9.51. The number of methoxy groups -OCH3 is 1. The Labute approximate surface area is 178 Å². The molecule has 0 saturated carbocycles. The second kappa shape index (κ2) is 8.16. The first-order chi connectivity index (χ1) is 14.5. The number of Topliss-reactive ketones (excluding diaryl/α,β-unsaturated/α-hetero) is 1. The van der Waals surface area contributed by atoms with Crippen molar-refractivity contribution in [1.29, 1.82) is 0 Å². The van der Waals surface area contributed by atoms with E-state index >= 15 is 0 Å². The number of carbonyl (C=O) groups is 2. The zero-order valence-corrected chi connectivity index (χ0v) is 17.5. The van der Waals surface area contributed by atoms with Crippen LogP contribution in [0.5, 0.6) is 5.75 Å². The molecule has 1 aliphatic heterocycles. The number of aliphatic hydroxyl groups is 1. The summed E-state index contributed by atoms with van der Waals surface area (Å²) < 4.78 is 5.17. The van der Waals surface area contributed by atoms with Crippen LogP contribution in [0.15, 0.2) is 71.6 Å². The average molecular weight is 420 g/mol. The smallest absolute Gasteiger partial charge is 0.295 e. The summed E-state index contributed by atoms with van der Waals surface area (Å²) in [7, 11) is 1.56. The first kappa shape index (κ1) is 19.9. The van der Waals surface area contributed by atoms with Crippen molar-refractivity contribution < 1.29 is 19.4 Å². The highest BCUT2D eigenvalue weighted by molar-refractivity contribution is 7.09. The number of amides is 1. The normalized spacial score (nSPS) is 18.1. The Morgan fingerprint density at radius 3 is 2.50 bits per heavy atom. The van der Waals surface area contributed by atoms with Gasteiger partial charge in [-0.2, -0.15) is 0 Å². The van der Waals surface area contributed by atoms with E-state index in [1.165, 1.54) is 16.2 Å². The number of rotatable bonds is 5. The average Bonchev–Trinajstić information content (AvgIpc) is 3.36. The third kappa shape index (κ3) is 3.62. The molecule has 1 aromatic heterocycles. The SMILES string of the molecule is COc1ccc(/C(O)=C2/C(=O)C(=O)N(Cc3cccs3)C2c2cccc(C)c2)cc1. The zero-order valence-electron chi connectivity index (χ0n) is 16.7. The lowest BCUT2D eigenvalue weighted by atomic mass is 9.94. The van der Waals surface area contributed by atoms with E-state index in [1.807, 2.05) is 48.7 Å². The number of aliphatic hydroxyl groups excluding tert-OH is 1. The van der Waals surface area contributed by atoms with Gasteiger partial charge >= 0.3 is 0 Å². The standard InChI is InChI=1S/C24H21NO4S/c1-15-5-3-6-17(13-15)21-20(22(26)16-8-10-18(29-2)11-9-16)23(27)24(28)25(21)14-19-7-4-12-30-19/h3-13,21,26H,14H2,1-2H3/b22-20-. The topological polar surface area (TPSA) is 66.8 Å². The predicted octanol–water partition coefficient (Wildman–Crippen LogP) is 4.69. The maximum Gasteiger partial charge on any atom is 0.295 e. The zero-order chi connectivity index (χ0) is 21.3. The van der Waals surface area contributed by atoms with E-state index in [4.69, 9.17) is 4.74 Å². The molecule has 1 aliphatic rings. The summed E-state index contributed by atoms with van der Waals surface area (Å²) in [4.78, 5) is 28.5. The van der Waals surface area contributed by atoms with Crippen molar-refractivity contribution in [2.45, 2.75) is 19.5 Å². The van der Waals surface area contributed by atoms with E-state index in [0.717, 1.165) is 16.0 Å². The number of likely N-dealkylation sites (tertiary alicyclic amines) is 1. The molecule has 1 unspecified atom stereocenters. The van der Waals surface area contributed by atoms with Gasteiger partial charge < -0.3 is 14.7 Å². The van der Waals surface area contributed by atoms with Crippen molar-refractivity contribution in [3.63, 3.8) is 0 Å². The highest BCUT2D eigenvalue weighted by atomic mass is 32.1. The van der Waals surface area contributed by atoms with Gasteiger partial charge in [0.2, 0.25) is 0 Å². The van der Waals surface area contributed by atoms with E-state index in [2.05, 4.69) is 0 Å². The van der Waals surface area contributed by atoms with Gasteiger partial charge in [-0.3, -0.25) is 9.59 Å². The number of hydrogen-bond acceptors (Lipinski definition) is 5. The first-order valence-corrected chi connectivity index (χ1v) is 10.4. The summed E-state index contributed by atoms with van der Waals surface area (Å²) in [5.74, 6) is -0.826. The third-order valence-corrected chi connectivity index (χ3v) is 6.03. The number of benzene rings is 2. The lowest BCUT2D eigenvalue weighted by molar-refractivity contribution is -0.140. The van der Waals surface area contributed by atoms with Crippen LogP contribution >= 0.6 is 11.3 Å². The number of carbonyl (C=O) groups excluding carboxylic acids is 2. The van der Waals surface area contributed by atoms with Crippen LogP contribution in [0.1, 0.15) is 27.6 Å². The molecule has 4 rings (SSSR count). The van der Waals surface area contributed by atoms with Crippen LogP contribution < -0.4 is 4.74 Å². The summed E-state index contributed by atoms with van der Waals surface area (Å²) in [6.07, 6.45) is 0. The van der Waals surface area contributed by atoms with Crippen molar-refractivity contribution >= 4 is 28.8 Å². The van der Waals surface area contributed by atoms with Crippen molar-refractivity contribution in [1.82, 2.24) is 4.90 Å². The fourth-order valence-electron chi connectivity index (χ4n) is 3.70. The summed E-state index contributed by atoms with van der Waals surface area (Å²) in [5.41, 5.74) is 2.37. The van der Waals surface area contributed by atoms with Crippen molar-refractivity contribution in [2.24, 2.45) is 0 Å². The summed E-state index contributed by atoms with van der Waals surface area (Å²) in [6.45, 7) is 2.26. The quantitative estimate of drug-likeness (QED) is 0.370. The van der Waals surface area contributed by atoms with Gasteiger partial charge in [0.15, 0.2) is 0 Å². The van der Waals surface area contributed by atoms with Crippen LogP contribution in [0.25, 0.3) is 5.76 Å². The molecule has 3 aromatic rings. The second-order valence-corrected chi connectivity index (χ2v) is 8.18. The second-order valence-electron chi connectivity index (χ2n) is 7.15. The highest BCUT2D eigenvalue weighted by Gasteiger charge is 2.46. The molecule has 1 fully saturated rings. The van der Waals surface area contributed by atoms with Gasteiger partial charge in [0.25, 0.3) is 11.7 Å². The molecule has 2 heterocycles. The van der Waals surface area contributed by atoms with E-state index in [-0.39, 0.29) is 11.3 Å². The number of aryl methyl sites for hydroxylation is 1. The predicted molar refractivity (Wildman–Crippen MR) is 116 cm³/mol. The van der Waals surface area contributed by atoms with E-state index < -0.39 is 17.7 Å². The Morgan fingerprint density at radius 1 is 1.10 bits per heavy atom. The van der Waals surface area contributed by atoms with E-state index in [1.54, 1.807) is 31.4 Å². The van der Waals surface area contributed by atoms with Crippen molar-refractivity contribution in [2.75, 3.05) is 7.11 Å². The molecule has 1 amide bonds. The van der Waals surface area contributed by atoms with Crippen molar-refractivity contribution in [3.05, 3.63) is 93.2 Å². The number of thiophene rings is 1. The Morgan fingerprint density at radius 2 is 1.87 bits per heavy atom. The minimum absolute atomic E-state index is 0.104. The minimum atomic E-state index is -0.675. The maximum atomic E-state index is 13.0. The molecule has 0 bridgehead atoms. The summed E-state index contributed by atoms with van der Waals surface area (Å²) >= 11 is 1.53. The molecule has 1 atom stereocenters. The van der Waals surface area contributed by atoms with Gasteiger partial charge in [-0.15, -0.1) is 11.3 Å². The van der Waals surface area contributed by atoms with Gasteiger partial charge in [-0.25, -0.2) is 0 Å². The molecule has 6 heteroatoms. The van der Waals surface area contributed by atoms with Crippen LogP contribution in [-0.4, -0.2) is 28.8 Å². The largest absolute Gasteiger partial charge is 0.507 e. The van der Waals surface area contributed by atoms with Gasteiger partial charge in [-0.1, -0.05) is 35.9 Å². The Balaban J connectivity index is 1.85. The fourth-order valence-corrected chi connectivity index (χ4v) is 4.41. The number of hydrogen-bond donors (Lipinski definition) is 1. The Hall–Kier alpha value is -3.38. The van der Waals surface area contributed by atoms with Crippen LogP contribution in [0.4, 0.5) is 0 Å². The van der Waals surface area contributed by atoms with Crippen molar-refractivity contribution in [3.8, 4) is 5.75 Å². The van der Waals surface area contributed by atoms with Gasteiger partial charge in [0, 0.05) is 10.4 Å². The minimum Gasteiger partial charge on any atom is -0.507 e. The molecule has 2 aromatic carbocycles.